The van der Waals surface area contributed by atoms with Gasteiger partial charge in [0, 0.05) is 37.7 Å². The number of halogens is 1. The zero-order valence-electron chi connectivity index (χ0n) is 13.9. The fourth-order valence-electron chi connectivity index (χ4n) is 2.65. The van der Waals surface area contributed by atoms with Crippen LogP contribution < -0.4 is 10.6 Å². The van der Waals surface area contributed by atoms with E-state index in [0.29, 0.717) is 0 Å². The summed E-state index contributed by atoms with van der Waals surface area (Å²) in [5.74, 6) is -0.317. The van der Waals surface area contributed by atoms with Crippen molar-refractivity contribution in [2.45, 2.75) is 25.3 Å². The molecule has 0 radical (unpaired) electrons. The first-order chi connectivity index (χ1) is 11.6. The Balaban J connectivity index is 1.63. The average molecular weight is 354 g/mol. The molecule has 2 amide bonds. The highest BCUT2D eigenvalue weighted by atomic mass is 35.5. The van der Waals surface area contributed by atoms with Crippen molar-refractivity contribution in [1.29, 1.82) is 0 Å². The molecular formula is C17H24ClN3O3. The van der Waals surface area contributed by atoms with Gasteiger partial charge < -0.3 is 20.3 Å². The molecule has 1 aliphatic rings. The standard InChI is InChI=1S/C17H24ClN3O3/c1-19-16(22)12-24-17(23)20-15-7-10-21(11-8-15)9-6-13-2-4-14(18)5-3-13/h2-5,15H,6-12H2,1H3,(H,19,22)(H,20,23). The Kier molecular flexibility index (Phi) is 7.34. The molecule has 0 aliphatic carbocycles. The van der Waals surface area contributed by atoms with Crippen molar-refractivity contribution >= 4 is 23.6 Å². The summed E-state index contributed by atoms with van der Waals surface area (Å²) in [7, 11) is 1.50. The molecule has 0 atom stereocenters. The lowest BCUT2D eigenvalue weighted by atomic mass is 10.0. The smallest absolute Gasteiger partial charge is 0.407 e. The fraction of sp³-hybridized carbons (Fsp3) is 0.529. The van der Waals surface area contributed by atoms with Crippen molar-refractivity contribution in [3.05, 3.63) is 34.9 Å². The van der Waals surface area contributed by atoms with Gasteiger partial charge in [-0.1, -0.05) is 23.7 Å². The number of hydrogen-bond acceptors (Lipinski definition) is 4. The van der Waals surface area contributed by atoms with E-state index in [9.17, 15) is 9.59 Å². The van der Waals surface area contributed by atoms with E-state index in [1.165, 1.54) is 12.6 Å². The molecule has 1 fully saturated rings. The van der Waals surface area contributed by atoms with Gasteiger partial charge in [-0.3, -0.25) is 4.79 Å². The van der Waals surface area contributed by atoms with E-state index in [-0.39, 0.29) is 18.6 Å². The lowest BCUT2D eigenvalue weighted by Gasteiger charge is -2.32. The lowest BCUT2D eigenvalue weighted by molar-refractivity contribution is -0.123. The number of amides is 2. The predicted octanol–water partition coefficient (Wildman–Crippen LogP) is 1.82. The van der Waals surface area contributed by atoms with E-state index in [0.717, 1.165) is 43.9 Å². The Morgan fingerprint density at radius 3 is 2.54 bits per heavy atom. The summed E-state index contributed by atoms with van der Waals surface area (Å²) in [6.07, 6.45) is 2.23. The van der Waals surface area contributed by atoms with Gasteiger partial charge >= 0.3 is 6.09 Å². The number of benzene rings is 1. The zero-order chi connectivity index (χ0) is 17.4. The molecule has 1 aliphatic heterocycles. The summed E-state index contributed by atoms with van der Waals surface area (Å²) < 4.78 is 4.85. The van der Waals surface area contributed by atoms with Crippen LogP contribution in [-0.2, 0) is 16.0 Å². The number of carbonyl (C=O) groups excluding carboxylic acids is 2. The molecule has 6 nitrogen and oxygen atoms in total. The Hall–Kier alpha value is -1.79. The van der Waals surface area contributed by atoms with Gasteiger partial charge in [-0.2, -0.15) is 0 Å². The van der Waals surface area contributed by atoms with Crippen LogP contribution in [0.4, 0.5) is 4.79 Å². The third-order valence-electron chi connectivity index (χ3n) is 4.15. The van der Waals surface area contributed by atoms with Crippen molar-refractivity contribution in [2.75, 3.05) is 33.3 Å². The second-order valence-corrected chi connectivity index (χ2v) is 6.32. The number of piperidine rings is 1. The molecule has 1 aromatic carbocycles. The molecule has 0 spiro atoms. The highest BCUT2D eigenvalue weighted by Crippen LogP contribution is 2.13. The highest BCUT2D eigenvalue weighted by Gasteiger charge is 2.21. The van der Waals surface area contributed by atoms with Crippen molar-refractivity contribution < 1.29 is 14.3 Å². The summed E-state index contributed by atoms with van der Waals surface area (Å²) in [5.41, 5.74) is 1.28. The Morgan fingerprint density at radius 1 is 1.25 bits per heavy atom. The van der Waals surface area contributed by atoms with Gasteiger partial charge in [0.1, 0.15) is 0 Å². The second-order valence-electron chi connectivity index (χ2n) is 5.89. The minimum Gasteiger partial charge on any atom is -0.439 e. The number of ether oxygens (including phenoxy) is 1. The van der Waals surface area contributed by atoms with E-state index in [1.54, 1.807) is 0 Å². The first-order valence-electron chi connectivity index (χ1n) is 8.17. The van der Waals surface area contributed by atoms with Crippen LogP contribution in [0.3, 0.4) is 0 Å². The Morgan fingerprint density at radius 2 is 1.92 bits per heavy atom. The van der Waals surface area contributed by atoms with Crippen LogP contribution in [-0.4, -0.2) is 56.2 Å². The average Bonchev–Trinajstić information content (AvgIpc) is 2.60. The summed E-state index contributed by atoms with van der Waals surface area (Å²) >= 11 is 5.89. The van der Waals surface area contributed by atoms with Crippen LogP contribution in [0.2, 0.25) is 5.02 Å². The molecule has 1 aromatic rings. The van der Waals surface area contributed by atoms with Crippen LogP contribution in [0.1, 0.15) is 18.4 Å². The van der Waals surface area contributed by atoms with E-state index in [4.69, 9.17) is 16.3 Å². The zero-order valence-corrected chi connectivity index (χ0v) is 14.6. The molecule has 24 heavy (non-hydrogen) atoms. The molecule has 2 rings (SSSR count). The van der Waals surface area contributed by atoms with E-state index in [1.807, 2.05) is 12.1 Å². The van der Waals surface area contributed by atoms with E-state index < -0.39 is 6.09 Å². The van der Waals surface area contributed by atoms with Crippen LogP contribution >= 0.6 is 11.6 Å². The Bertz CT molecular complexity index is 543. The number of likely N-dealkylation sites (N-methyl/N-ethyl adjacent to an activating group) is 1. The number of hydrogen-bond donors (Lipinski definition) is 2. The summed E-state index contributed by atoms with van der Waals surface area (Å²) in [5, 5.41) is 5.98. The van der Waals surface area contributed by atoms with Gasteiger partial charge in [0.15, 0.2) is 6.61 Å². The lowest BCUT2D eigenvalue weighted by Crippen LogP contribution is -2.45. The fourth-order valence-corrected chi connectivity index (χ4v) is 2.78. The van der Waals surface area contributed by atoms with Gasteiger partial charge in [-0.15, -0.1) is 0 Å². The van der Waals surface area contributed by atoms with Gasteiger partial charge in [0.2, 0.25) is 0 Å². The quantitative estimate of drug-likeness (QED) is 0.818. The molecule has 0 aromatic heterocycles. The minimum absolute atomic E-state index is 0.106. The van der Waals surface area contributed by atoms with Gasteiger partial charge in [0.25, 0.3) is 5.91 Å². The molecule has 0 unspecified atom stereocenters. The van der Waals surface area contributed by atoms with Gasteiger partial charge in [-0.05, 0) is 37.0 Å². The maximum Gasteiger partial charge on any atom is 0.407 e. The van der Waals surface area contributed by atoms with Crippen LogP contribution in [0, 0.1) is 0 Å². The number of rotatable bonds is 6. The van der Waals surface area contributed by atoms with E-state index >= 15 is 0 Å². The molecule has 1 heterocycles. The topological polar surface area (TPSA) is 70.7 Å². The first kappa shape index (κ1) is 18.5. The SMILES string of the molecule is CNC(=O)COC(=O)NC1CCN(CCc2ccc(Cl)cc2)CC1. The maximum atomic E-state index is 11.6. The number of likely N-dealkylation sites (tertiary alicyclic amines) is 1. The minimum atomic E-state index is -0.529. The third kappa shape index (κ3) is 6.37. The number of nitrogens with zero attached hydrogens (tertiary/aromatic N) is 1. The third-order valence-corrected chi connectivity index (χ3v) is 4.40. The molecule has 7 heteroatoms. The summed E-state index contributed by atoms with van der Waals surface area (Å²) in [6, 6.07) is 8.04. The van der Waals surface area contributed by atoms with Crippen molar-refractivity contribution in [3.8, 4) is 0 Å². The highest BCUT2D eigenvalue weighted by molar-refractivity contribution is 6.30. The number of nitrogens with one attached hydrogen (secondary N) is 2. The number of alkyl carbamates (subject to hydrolysis) is 1. The molecule has 1 saturated heterocycles. The molecule has 132 valence electrons. The number of carbonyl (C=O) groups is 2. The molecule has 0 bridgehead atoms. The van der Waals surface area contributed by atoms with Crippen LogP contribution in [0.15, 0.2) is 24.3 Å². The van der Waals surface area contributed by atoms with Gasteiger partial charge in [-0.25, -0.2) is 4.79 Å². The van der Waals surface area contributed by atoms with Crippen molar-refractivity contribution in [2.24, 2.45) is 0 Å². The maximum absolute atomic E-state index is 11.6. The largest absolute Gasteiger partial charge is 0.439 e. The van der Waals surface area contributed by atoms with Crippen LogP contribution in [0.25, 0.3) is 0 Å². The van der Waals surface area contributed by atoms with Crippen molar-refractivity contribution in [3.63, 3.8) is 0 Å². The van der Waals surface area contributed by atoms with Gasteiger partial charge in [0.05, 0.1) is 0 Å². The first-order valence-corrected chi connectivity index (χ1v) is 8.55. The second kappa shape index (κ2) is 9.49. The van der Waals surface area contributed by atoms with Crippen molar-refractivity contribution in [1.82, 2.24) is 15.5 Å². The normalized spacial score (nSPS) is 15.8. The van der Waals surface area contributed by atoms with E-state index in [2.05, 4.69) is 27.7 Å². The molecular weight excluding hydrogens is 330 g/mol. The summed E-state index contributed by atoms with van der Waals surface area (Å²) in [4.78, 5) is 25.0. The molecule has 2 N–H and O–H groups in total. The predicted molar refractivity (Wildman–Crippen MR) is 93.2 cm³/mol. The molecule has 0 saturated carbocycles. The monoisotopic (exact) mass is 353 g/mol. The summed E-state index contributed by atoms with van der Waals surface area (Å²) in [6.45, 7) is 2.62. The Labute approximate surface area is 147 Å². The van der Waals surface area contributed by atoms with Crippen LogP contribution in [0.5, 0.6) is 0 Å².